The predicted octanol–water partition coefficient (Wildman–Crippen LogP) is 1.15. The monoisotopic (exact) mass is 139 g/mol. The molecule has 0 fully saturated rings. The Morgan fingerprint density at radius 1 is 1.50 bits per heavy atom. The first-order valence-electron chi connectivity index (χ1n) is 2.61. The molecule has 8 heavy (non-hydrogen) atoms. The van der Waals surface area contributed by atoms with Crippen LogP contribution in [-0.4, -0.2) is 31.9 Å². The Labute approximate surface area is 52.3 Å². The van der Waals surface area contributed by atoms with Crippen molar-refractivity contribution in [3.05, 3.63) is 0 Å². The van der Waals surface area contributed by atoms with Crippen molar-refractivity contribution in [2.45, 2.75) is 0 Å². The SMILES string of the molecule is CNCCS(C)(C)F. The third-order valence-corrected chi connectivity index (χ3v) is 2.01. The second-order valence-electron chi connectivity index (χ2n) is 2.21. The van der Waals surface area contributed by atoms with Crippen LogP contribution in [0.15, 0.2) is 0 Å². The van der Waals surface area contributed by atoms with Crippen molar-refractivity contribution in [1.29, 1.82) is 0 Å². The molecule has 0 aromatic carbocycles. The molecule has 0 heterocycles. The highest BCUT2D eigenvalue weighted by atomic mass is 32.3. The van der Waals surface area contributed by atoms with E-state index in [1.165, 1.54) is 0 Å². The van der Waals surface area contributed by atoms with E-state index in [-0.39, 0.29) is 0 Å². The maximum atomic E-state index is 12.6. The molecule has 1 nitrogen and oxygen atoms in total. The molecule has 0 aromatic heterocycles. The van der Waals surface area contributed by atoms with Crippen LogP contribution in [0, 0.1) is 0 Å². The molecule has 1 N–H and O–H groups in total. The summed E-state index contributed by atoms with van der Waals surface area (Å²) in [6.07, 6.45) is 3.34. The third-order valence-electron chi connectivity index (χ3n) is 0.837. The minimum absolute atomic E-state index is 0.670. The van der Waals surface area contributed by atoms with Crippen LogP contribution in [0.2, 0.25) is 0 Å². The maximum absolute atomic E-state index is 12.6. The highest BCUT2D eigenvalue weighted by Gasteiger charge is 2.05. The second-order valence-corrected chi connectivity index (χ2v) is 5.43. The average Bonchev–Trinajstić information content (AvgIpc) is 1.59. The molecule has 0 spiro atoms. The van der Waals surface area contributed by atoms with Gasteiger partial charge in [0, 0.05) is 12.3 Å². The number of hydrogen-bond donors (Lipinski definition) is 1. The lowest BCUT2D eigenvalue weighted by atomic mass is 10.8. The van der Waals surface area contributed by atoms with Crippen molar-refractivity contribution in [1.82, 2.24) is 5.32 Å². The molecule has 0 aliphatic heterocycles. The van der Waals surface area contributed by atoms with E-state index in [1.54, 1.807) is 12.5 Å². The fourth-order valence-electron chi connectivity index (χ4n) is 0.345. The minimum Gasteiger partial charge on any atom is -0.319 e. The molecule has 0 aliphatic carbocycles. The Kier molecular flexibility index (Phi) is 3.40. The standard InChI is InChI=1S/C5H14FNS/c1-7-4-5-8(2,3)6/h7H,4-5H2,1-3H3. The van der Waals surface area contributed by atoms with Crippen LogP contribution in [0.1, 0.15) is 0 Å². The first-order chi connectivity index (χ1) is 3.56. The van der Waals surface area contributed by atoms with Gasteiger partial charge in [0.25, 0.3) is 0 Å². The molecule has 0 aliphatic rings. The molecule has 52 valence electrons. The van der Waals surface area contributed by atoms with E-state index in [0.29, 0.717) is 5.75 Å². The van der Waals surface area contributed by atoms with E-state index in [4.69, 9.17) is 0 Å². The maximum Gasteiger partial charge on any atom is 0.0156 e. The number of nitrogens with one attached hydrogen (secondary N) is 1. The minimum atomic E-state index is -1.75. The molecule has 3 heteroatoms. The van der Waals surface area contributed by atoms with Gasteiger partial charge < -0.3 is 5.32 Å². The van der Waals surface area contributed by atoms with E-state index in [2.05, 4.69) is 5.32 Å². The summed E-state index contributed by atoms with van der Waals surface area (Å²) in [6, 6.07) is 0. The normalized spacial score (nSPS) is 14.0. The highest BCUT2D eigenvalue weighted by molar-refractivity contribution is 8.28. The van der Waals surface area contributed by atoms with Gasteiger partial charge in [-0.1, -0.05) is 10.4 Å². The summed E-state index contributed by atoms with van der Waals surface area (Å²) in [5.41, 5.74) is 0. The Morgan fingerprint density at radius 2 is 2.00 bits per heavy atom. The lowest BCUT2D eigenvalue weighted by Crippen LogP contribution is -2.14. The topological polar surface area (TPSA) is 12.0 Å². The summed E-state index contributed by atoms with van der Waals surface area (Å²) < 4.78 is 12.6. The van der Waals surface area contributed by atoms with Crippen LogP contribution in [0.5, 0.6) is 0 Å². The van der Waals surface area contributed by atoms with Crippen molar-refractivity contribution in [3.63, 3.8) is 0 Å². The van der Waals surface area contributed by atoms with E-state index in [9.17, 15) is 3.89 Å². The van der Waals surface area contributed by atoms with Crippen molar-refractivity contribution in [3.8, 4) is 0 Å². The molecule has 0 rings (SSSR count). The molecule has 0 saturated heterocycles. The van der Waals surface area contributed by atoms with Crippen LogP contribution >= 0.6 is 10.4 Å². The third kappa shape index (κ3) is 6.24. The van der Waals surface area contributed by atoms with Crippen molar-refractivity contribution in [2.24, 2.45) is 0 Å². The van der Waals surface area contributed by atoms with E-state index in [0.717, 1.165) is 6.54 Å². The van der Waals surface area contributed by atoms with Gasteiger partial charge in [0.05, 0.1) is 0 Å². The zero-order valence-electron chi connectivity index (χ0n) is 5.70. The van der Waals surface area contributed by atoms with Crippen LogP contribution in [-0.2, 0) is 0 Å². The molecular weight excluding hydrogens is 125 g/mol. The molecule has 0 aromatic rings. The van der Waals surface area contributed by atoms with Crippen molar-refractivity contribution in [2.75, 3.05) is 31.9 Å². The van der Waals surface area contributed by atoms with Crippen LogP contribution in [0.4, 0.5) is 3.89 Å². The van der Waals surface area contributed by atoms with E-state index < -0.39 is 10.4 Å². The zero-order valence-corrected chi connectivity index (χ0v) is 6.52. The second kappa shape index (κ2) is 3.30. The van der Waals surface area contributed by atoms with Crippen LogP contribution < -0.4 is 5.32 Å². The van der Waals surface area contributed by atoms with Gasteiger partial charge in [-0.05, 0) is 19.6 Å². The van der Waals surface area contributed by atoms with Crippen LogP contribution in [0.25, 0.3) is 0 Å². The molecule has 0 bridgehead atoms. The van der Waals surface area contributed by atoms with Crippen molar-refractivity contribution < 1.29 is 3.89 Å². The smallest absolute Gasteiger partial charge is 0.0156 e. The van der Waals surface area contributed by atoms with E-state index >= 15 is 0 Å². The van der Waals surface area contributed by atoms with Crippen LogP contribution in [0.3, 0.4) is 0 Å². The van der Waals surface area contributed by atoms with Gasteiger partial charge in [-0.3, -0.25) is 0 Å². The Hall–Kier alpha value is 0.240. The summed E-state index contributed by atoms with van der Waals surface area (Å²) in [5.74, 6) is 0.670. The fourth-order valence-corrected chi connectivity index (χ4v) is 1.03. The van der Waals surface area contributed by atoms with Gasteiger partial charge in [-0.25, -0.2) is 0 Å². The first-order valence-corrected chi connectivity index (χ1v) is 5.13. The average molecular weight is 139 g/mol. The molecule has 0 radical (unpaired) electrons. The summed E-state index contributed by atoms with van der Waals surface area (Å²) in [4.78, 5) is 0. The van der Waals surface area contributed by atoms with Gasteiger partial charge in [-0.15, -0.1) is 0 Å². The Balaban J connectivity index is 3.11. The zero-order chi connectivity index (χ0) is 6.62. The Morgan fingerprint density at radius 3 is 2.12 bits per heavy atom. The fraction of sp³-hybridized carbons (Fsp3) is 1.00. The summed E-state index contributed by atoms with van der Waals surface area (Å²) in [5, 5.41) is 2.91. The lowest BCUT2D eigenvalue weighted by Gasteiger charge is -2.18. The number of hydrogen-bond acceptors (Lipinski definition) is 1. The molecule has 0 amide bonds. The summed E-state index contributed by atoms with van der Waals surface area (Å²) in [6.45, 7) is 0.791. The lowest BCUT2D eigenvalue weighted by molar-refractivity contribution is 0.835. The van der Waals surface area contributed by atoms with Gasteiger partial charge in [0.2, 0.25) is 0 Å². The molecule has 0 saturated carbocycles. The predicted molar refractivity (Wildman–Crippen MR) is 39.3 cm³/mol. The number of halogens is 1. The molecular formula is C5H14FNS. The van der Waals surface area contributed by atoms with Gasteiger partial charge in [0.1, 0.15) is 0 Å². The number of rotatable bonds is 3. The highest BCUT2D eigenvalue weighted by Crippen LogP contribution is 2.39. The quantitative estimate of drug-likeness (QED) is 0.618. The molecule has 0 atom stereocenters. The largest absolute Gasteiger partial charge is 0.319 e. The molecule has 0 unspecified atom stereocenters. The van der Waals surface area contributed by atoms with E-state index in [1.807, 2.05) is 7.05 Å². The van der Waals surface area contributed by atoms with Gasteiger partial charge in [-0.2, -0.15) is 3.89 Å². The van der Waals surface area contributed by atoms with Crippen molar-refractivity contribution >= 4 is 10.4 Å². The summed E-state index contributed by atoms with van der Waals surface area (Å²) in [7, 11) is 0.0897. The first kappa shape index (κ1) is 8.24. The van der Waals surface area contributed by atoms with Gasteiger partial charge in [0.15, 0.2) is 0 Å². The van der Waals surface area contributed by atoms with Gasteiger partial charge >= 0.3 is 0 Å². The summed E-state index contributed by atoms with van der Waals surface area (Å²) >= 11 is 0. The Bertz CT molecular complexity index is 59.9.